The van der Waals surface area contributed by atoms with Gasteiger partial charge in [-0.2, -0.15) is 53.9 Å². The number of unbranched alkanes of at least 4 members (excludes halogenated alkanes) is 1. The Balaban J connectivity index is 0.000000371. The first-order chi connectivity index (χ1) is 43.1. The van der Waals surface area contributed by atoms with Crippen LogP contribution in [-0.2, 0) is 55.4 Å². The largest absolute Gasteiger partial charge is 0.417 e. The number of piperazine rings is 2. The molecule has 0 spiro atoms. The van der Waals surface area contributed by atoms with Gasteiger partial charge in [0.2, 0.25) is 20.0 Å². The van der Waals surface area contributed by atoms with E-state index in [1.54, 1.807) is 64.9 Å². The highest BCUT2D eigenvalue weighted by Crippen LogP contribution is 2.32. The molecule has 516 valence electrons. The molecule has 4 aromatic heterocycles. The second-order valence-corrected chi connectivity index (χ2v) is 26.3. The quantitative estimate of drug-likeness (QED) is 0.0225. The molecular formula is C63H83F7N12O9S3. The van der Waals surface area contributed by atoms with Crippen LogP contribution in [0.25, 0.3) is 0 Å². The number of nitrogens with zero attached hydrogens (tertiary/aromatic N) is 11. The number of rotatable bonds is 21. The van der Waals surface area contributed by atoms with Crippen molar-refractivity contribution in [3.8, 4) is 0 Å². The first kappa shape index (κ1) is 80.8. The number of alkyl halides is 6. The molecule has 3 aromatic carbocycles. The maximum atomic E-state index is 13.5. The van der Waals surface area contributed by atoms with Crippen LogP contribution in [0, 0.1) is 6.92 Å². The second-order valence-electron chi connectivity index (χ2n) is 21.1. The van der Waals surface area contributed by atoms with Crippen molar-refractivity contribution in [2.75, 3.05) is 67.9 Å². The summed E-state index contributed by atoms with van der Waals surface area (Å²) in [6.45, 7) is 7.67. The van der Waals surface area contributed by atoms with Gasteiger partial charge in [-0.1, -0.05) is 99.3 Å². The van der Waals surface area contributed by atoms with Crippen LogP contribution in [0.3, 0.4) is 0 Å². The highest BCUT2D eigenvalue weighted by Gasteiger charge is 2.36. The Hall–Kier alpha value is -7.46. The molecule has 0 aliphatic carbocycles. The molecule has 9 rings (SSSR count). The van der Waals surface area contributed by atoms with Crippen molar-refractivity contribution in [3.05, 3.63) is 209 Å². The lowest BCUT2D eigenvalue weighted by Crippen LogP contribution is -2.51. The van der Waals surface area contributed by atoms with Gasteiger partial charge >= 0.3 is 12.4 Å². The van der Waals surface area contributed by atoms with Gasteiger partial charge in [0.05, 0.1) is 39.9 Å². The topological polar surface area (TPSA) is 269 Å². The first-order valence-electron chi connectivity index (χ1n) is 28.9. The van der Waals surface area contributed by atoms with Crippen molar-refractivity contribution >= 4 is 41.8 Å². The Morgan fingerprint density at radius 1 is 0.585 bits per heavy atom. The fraction of sp³-hybridized carbons (Fsp3) is 0.397. The van der Waals surface area contributed by atoms with Gasteiger partial charge in [-0.3, -0.25) is 9.26 Å². The third-order valence-electron chi connectivity index (χ3n) is 14.5. The van der Waals surface area contributed by atoms with Crippen LogP contribution < -0.4 is 15.3 Å². The molecule has 6 heterocycles. The maximum Gasteiger partial charge on any atom is 0.417 e. The number of allylic oxidation sites excluding steroid dienone is 1. The molecule has 2 saturated heterocycles. The van der Waals surface area contributed by atoms with Crippen molar-refractivity contribution in [2.45, 2.75) is 110 Å². The van der Waals surface area contributed by atoms with E-state index in [-0.39, 0.29) is 75.5 Å². The number of aryl methyl sites for hydroxylation is 3. The zero-order valence-electron chi connectivity index (χ0n) is 50.6. The van der Waals surface area contributed by atoms with Crippen molar-refractivity contribution in [1.29, 1.82) is 0 Å². The minimum Gasteiger partial charge on any atom is -0.354 e. The van der Waals surface area contributed by atoms with Crippen molar-refractivity contribution in [1.82, 2.24) is 49.1 Å². The first-order valence-corrected chi connectivity index (χ1v) is 33.4. The van der Waals surface area contributed by atoms with Crippen LogP contribution in [-0.4, -0.2) is 148 Å². The van der Waals surface area contributed by atoms with Crippen molar-refractivity contribution in [3.63, 3.8) is 0 Å². The number of hydrogen-bond acceptors (Lipinski definition) is 18. The number of halogens is 7. The molecule has 3 atom stereocenters. The van der Waals surface area contributed by atoms with Gasteiger partial charge in [0, 0.05) is 108 Å². The molecule has 0 bridgehead atoms. The van der Waals surface area contributed by atoms with E-state index >= 15 is 0 Å². The summed E-state index contributed by atoms with van der Waals surface area (Å²) >= 11 is 0. The molecule has 0 amide bonds. The third-order valence-corrected chi connectivity index (χ3v) is 19.0. The molecular weight excluding hydrogens is 1300 g/mol. The van der Waals surface area contributed by atoms with E-state index in [2.05, 4.69) is 35.4 Å². The summed E-state index contributed by atoms with van der Waals surface area (Å²) in [6.07, 6.45) is 4.48. The Morgan fingerprint density at radius 3 is 1.44 bits per heavy atom. The molecule has 94 heavy (non-hydrogen) atoms. The Bertz CT molecular complexity index is 3650. The fourth-order valence-electron chi connectivity index (χ4n) is 9.28. The number of sulfonamides is 2. The number of pyridine rings is 2. The van der Waals surface area contributed by atoms with Crippen LogP contribution >= 0.6 is 0 Å². The normalized spacial score (nSPS) is 15.0. The van der Waals surface area contributed by atoms with E-state index < -0.39 is 65.7 Å². The van der Waals surface area contributed by atoms with Gasteiger partial charge in [0.25, 0.3) is 10.1 Å². The Labute approximate surface area is 546 Å². The van der Waals surface area contributed by atoms with Crippen LogP contribution in [0.15, 0.2) is 175 Å². The standard InChI is InChI=1S/C27H33F3N6O3S.C19H22F3N5O2S.C8H11NO.C7H8O3S.2CH4.FH/c1-21(22-7-3-2-4-8-22)36(37)24(9-5-10-25-31-13-6-14-32-25)20-40(38,39)35-17-15-34(16-18-35)26-12-11-23(19-33-26)27(28,29)30;20-19(21,22)16-6-7-18(25-15-16)26-10-12-27(13-11-26)30(28,29)14-3-1-2-5-17-23-8-4-9-24-17;1-7(9-10)8-5-3-2-4-6-8;1-6-2-4-7(5-3-6)11(8,9)10;;;/h2-4,6-8,11-14,19,21,24,37H,5,9-10,15-18,20H2,1H3;3-4,6-9,14-15H,1-2,5,10-13H2;2-7,9-10H,1H3;2-5H,1H3,(H,8,9,10);2*1H4;1H/b;14-3+;;;;;/t21-,24?;;7-;;;;/m0.0..../s1. The van der Waals surface area contributed by atoms with E-state index in [0.717, 1.165) is 58.5 Å². The van der Waals surface area contributed by atoms with Crippen LogP contribution in [0.5, 0.6) is 0 Å². The number of benzene rings is 3. The molecule has 2 aliphatic heterocycles. The summed E-state index contributed by atoms with van der Waals surface area (Å²) in [7, 11) is -11.3. The maximum absolute atomic E-state index is 13.5. The lowest BCUT2D eigenvalue weighted by Gasteiger charge is -2.37. The van der Waals surface area contributed by atoms with Gasteiger partial charge < -0.3 is 20.2 Å². The van der Waals surface area contributed by atoms with Crippen molar-refractivity contribution < 1.29 is 71.3 Å². The Morgan fingerprint density at radius 2 is 1.02 bits per heavy atom. The molecule has 0 saturated carbocycles. The van der Waals surface area contributed by atoms with Gasteiger partial charge in [-0.15, -0.1) is 0 Å². The monoisotopic (exact) mass is 1380 g/mol. The Kier molecular flexibility index (Phi) is 32.8. The number of anilines is 2. The van der Waals surface area contributed by atoms with E-state index in [9.17, 15) is 56.8 Å². The molecule has 0 radical (unpaired) electrons. The van der Waals surface area contributed by atoms with Crippen molar-refractivity contribution in [2.24, 2.45) is 0 Å². The molecule has 1 unspecified atom stereocenters. The van der Waals surface area contributed by atoms with Crippen LogP contribution in [0.4, 0.5) is 42.7 Å². The van der Waals surface area contributed by atoms with Gasteiger partial charge in [0.1, 0.15) is 23.3 Å². The summed E-state index contributed by atoms with van der Waals surface area (Å²) in [6, 6.07) is 32.1. The lowest BCUT2D eigenvalue weighted by molar-refractivity contribution is -0.154. The van der Waals surface area contributed by atoms with Gasteiger partial charge in [-0.25, -0.2) is 46.7 Å². The highest BCUT2D eigenvalue weighted by atomic mass is 32.2. The SMILES string of the molecule is C.C.C[C@@H](c1ccccc1)N(O)C(CCCc1ncccn1)CS(=O)(=O)N1CCN(c2ccc(C(F)(F)F)cn2)CC1.C[C@H](NO)c1ccccc1.Cc1ccc(S(=O)(=O)O)cc1.F.O=S(=O)(/C=C/CCCc1ncccn1)N1CCN(c2ccc(C(F)(F)F)cn2)CC1. The third kappa shape index (κ3) is 26.0. The number of hydroxylamine groups is 3. The van der Waals surface area contributed by atoms with E-state index in [1.165, 1.54) is 38.3 Å². The smallest absolute Gasteiger partial charge is 0.354 e. The number of hydrogen-bond donors (Lipinski definition) is 4. The zero-order valence-corrected chi connectivity index (χ0v) is 53.1. The highest BCUT2D eigenvalue weighted by molar-refractivity contribution is 7.92. The van der Waals surface area contributed by atoms with Gasteiger partial charge in [-0.05, 0) is 106 Å². The van der Waals surface area contributed by atoms with E-state index in [0.29, 0.717) is 62.7 Å². The summed E-state index contributed by atoms with van der Waals surface area (Å²) in [4.78, 5) is 27.9. The second kappa shape index (κ2) is 38.2. The number of nitrogens with one attached hydrogen (secondary N) is 1. The minimum absolute atomic E-state index is 0. The molecule has 21 nitrogen and oxygen atoms in total. The molecule has 4 N–H and O–H groups in total. The van der Waals surface area contributed by atoms with E-state index in [1.807, 2.05) is 81.4 Å². The average Bonchev–Trinajstić information content (AvgIpc) is 0.827. The number of aromatic nitrogens is 6. The summed E-state index contributed by atoms with van der Waals surface area (Å²) in [5.74, 6) is 1.86. The molecule has 7 aromatic rings. The summed E-state index contributed by atoms with van der Waals surface area (Å²) in [5, 5.41) is 22.1. The summed E-state index contributed by atoms with van der Waals surface area (Å²) < 4.78 is 161. The minimum atomic E-state index is -4.47. The van der Waals surface area contributed by atoms with E-state index in [4.69, 9.17) is 9.76 Å². The molecule has 31 heteroatoms. The zero-order chi connectivity index (χ0) is 66.2. The fourth-order valence-corrected chi connectivity index (χ4v) is 12.7. The lowest BCUT2D eigenvalue weighted by atomic mass is 10.0. The molecule has 2 fully saturated rings. The average molecular weight is 1380 g/mol. The summed E-state index contributed by atoms with van der Waals surface area (Å²) in [5.41, 5.74) is 3.44. The van der Waals surface area contributed by atoms with Crippen LogP contribution in [0.2, 0.25) is 0 Å². The molecule has 2 aliphatic rings. The predicted octanol–water partition coefficient (Wildman–Crippen LogP) is 11.5. The predicted molar refractivity (Wildman–Crippen MR) is 347 cm³/mol. The van der Waals surface area contributed by atoms with Gasteiger partial charge in [0.15, 0.2) is 0 Å². The van der Waals surface area contributed by atoms with Crippen LogP contribution in [0.1, 0.15) is 106 Å².